The van der Waals surface area contributed by atoms with Crippen LogP contribution in [0.4, 0.5) is 5.82 Å². The summed E-state index contributed by atoms with van der Waals surface area (Å²) in [5.41, 5.74) is 1.84. The lowest BCUT2D eigenvalue weighted by atomic mass is 10.2. The van der Waals surface area contributed by atoms with Crippen molar-refractivity contribution in [1.82, 2.24) is 14.9 Å². The van der Waals surface area contributed by atoms with Crippen LogP contribution in [0, 0.1) is 13.8 Å². The molecule has 0 saturated carbocycles. The maximum absolute atomic E-state index is 6.19. The van der Waals surface area contributed by atoms with Crippen LogP contribution in [0.1, 0.15) is 24.2 Å². The summed E-state index contributed by atoms with van der Waals surface area (Å²) in [5.74, 6) is 0.792. The molecule has 1 unspecified atom stereocenters. The number of nitrogens with zero attached hydrogens (tertiary/aromatic N) is 4. The van der Waals surface area contributed by atoms with Crippen molar-refractivity contribution >= 4 is 17.4 Å². The molecular weight excluding hydrogens is 248 g/mol. The minimum Gasteiger partial charge on any atom is -0.356 e. The Bertz CT molecular complexity index is 435. The quantitative estimate of drug-likeness (QED) is 0.842. The van der Waals surface area contributed by atoms with Crippen molar-refractivity contribution in [2.75, 3.05) is 32.1 Å². The lowest BCUT2D eigenvalue weighted by Crippen LogP contribution is -2.37. The zero-order chi connectivity index (χ0) is 13.3. The third-order valence-corrected chi connectivity index (χ3v) is 4.02. The average Bonchev–Trinajstić information content (AvgIpc) is 2.69. The summed E-state index contributed by atoms with van der Waals surface area (Å²) >= 11 is 6.19. The van der Waals surface area contributed by atoms with E-state index >= 15 is 0 Å². The van der Waals surface area contributed by atoms with Crippen molar-refractivity contribution < 1.29 is 0 Å². The monoisotopic (exact) mass is 268 g/mol. The van der Waals surface area contributed by atoms with E-state index in [2.05, 4.69) is 26.8 Å². The van der Waals surface area contributed by atoms with E-state index in [1.54, 1.807) is 0 Å². The second-order valence-corrected chi connectivity index (χ2v) is 5.52. The summed E-state index contributed by atoms with van der Waals surface area (Å²) in [7, 11) is 4.22. The Morgan fingerprint density at radius 1 is 1.33 bits per heavy atom. The number of likely N-dealkylation sites (tertiary alicyclic amines) is 1. The number of likely N-dealkylation sites (N-methyl/N-ethyl adjacent to an activating group) is 2. The fourth-order valence-electron chi connectivity index (χ4n) is 2.42. The van der Waals surface area contributed by atoms with Crippen LogP contribution < -0.4 is 4.90 Å². The second kappa shape index (κ2) is 5.41. The highest BCUT2D eigenvalue weighted by Gasteiger charge is 2.23. The molecule has 2 rings (SSSR count). The van der Waals surface area contributed by atoms with Crippen LogP contribution in [0.15, 0.2) is 0 Å². The maximum Gasteiger partial charge on any atom is 0.171 e. The van der Waals surface area contributed by atoms with Crippen molar-refractivity contribution in [3.05, 3.63) is 16.5 Å². The zero-order valence-electron chi connectivity index (χ0n) is 11.6. The summed E-state index contributed by atoms with van der Waals surface area (Å²) in [6.45, 7) is 6.04. The molecule has 1 saturated heterocycles. The molecule has 1 aromatic heterocycles. The van der Waals surface area contributed by atoms with Gasteiger partial charge in [-0.05, 0) is 40.3 Å². The lowest BCUT2D eigenvalue weighted by molar-refractivity contribution is 0.314. The van der Waals surface area contributed by atoms with E-state index in [4.69, 9.17) is 11.6 Å². The van der Waals surface area contributed by atoms with Gasteiger partial charge in [-0.25, -0.2) is 9.97 Å². The Morgan fingerprint density at radius 3 is 2.61 bits per heavy atom. The van der Waals surface area contributed by atoms with Gasteiger partial charge >= 0.3 is 0 Å². The Balaban J connectivity index is 2.13. The zero-order valence-corrected chi connectivity index (χ0v) is 12.3. The predicted molar refractivity (Wildman–Crippen MR) is 75.4 cm³/mol. The Morgan fingerprint density at radius 2 is 2.00 bits per heavy atom. The molecule has 0 radical (unpaired) electrons. The third-order valence-electron chi connectivity index (χ3n) is 3.77. The highest BCUT2D eigenvalue weighted by molar-refractivity contribution is 6.31. The van der Waals surface area contributed by atoms with E-state index in [9.17, 15) is 0 Å². The first-order valence-corrected chi connectivity index (χ1v) is 6.79. The number of anilines is 1. The molecule has 0 bridgehead atoms. The molecule has 100 valence electrons. The van der Waals surface area contributed by atoms with Gasteiger partial charge in [0.25, 0.3) is 0 Å². The smallest absolute Gasteiger partial charge is 0.171 e. The lowest BCUT2D eigenvalue weighted by Gasteiger charge is -2.27. The van der Waals surface area contributed by atoms with E-state index in [-0.39, 0.29) is 0 Å². The Labute approximate surface area is 114 Å². The fraction of sp³-hybridized carbons (Fsp3) is 0.692. The van der Waals surface area contributed by atoms with Gasteiger partial charge in [0.2, 0.25) is 0 Å². The van der Waals surface area contributed by atoms with Crippen LogP contribution >= 0.6 is 11.6 Å². The maximum atomic E-state index is 6.19. The van der Waals surface area contributed by atoms with Crippen molar-refractivity contribution in [3.8, 4) is 0 Å². The van der Waals surface area contributed by atoms with Crippen molar-refractivity contribution in [2.24, 2.45) is 0 Å². The normalized spacial score (nSPS) is 20.4. The first-order valence-electron chi connectivity index (χ1n) is 6.41. The van der Waals surface area contributed by atoms with E-state index < -0.39 is 0 Å². The first-order chi connectivity index (χ1) is 8.49. The largest absolute Gasteiger partial charge is 0.356 e. The first kappa shape index (κ1) is 13.6. The van der Waals surface area contributed by atoms with Crippen molar-refractivity contribution in [2.45, 2.75) is 32.7 Å². The van der Waals surface area contributed by atoms with Gasteiger partial charge < -0.3 is 9.80 Å². The Hall–Kier alpha value is -0.870. The molecule has 0 aliphatic carbocycles. The molecule has 0 N–H and O–H groups in total. The average molecular weight is 269 g/mol. The van der Waals surface area contributed by atoms with Gasteiger partial charge in [-0.1, -0.05) is 11.6 Å². The summed E-state index contributed by atoms with van der Waals surface area (Å²) in [6, 6.07) is 0.592. The van der Waals surface area contributed by atoms with Crippen LogP contribution in [0.5, 0.6) is 0 Å². The minimum atomic E-state index is 0.501. The standard InChI is InChI=1S/C13H21ClN4/c1-9-10(2)16-13(12(14)15-9)18(4)8-11-6-5-7-17(11)3/h11H,5-8H2,1-4H3. The third kappa shape index (κ3) is 2.75. The molecule has 0 aromatic carbocycles. The predicted octanol–water partition coefficient (Wildman–Crippen LogP) is 2.28. The van der Waals surface area contributed by atoms with Gasteiger partial charge in [-0.3, -0.25) is 0 Å². The number of hydrogen-bond donors (Lipinski definition) is 0. The molecule has 1 fully saturated rings. The number of hydrogen-bond acceptors (Lipinski definition) is 4. The van der Waals surface area contributed by atoms with Gasteiger partial charge in [-0.15, -0.1) is 0 Å². The van der Waals surface area contributed by atoms with Crippen molar-refractivity contribution in [1.29, 1.82) is 0 Å². The fourth-order valence-corrected chi connectivity index (χ4v) is 2.73. The number of rotatable bonds is 3. The van der Waals surface area contributed by atoms with E-state index in [0.29, 0.717) is 11.2 Å². The molecule has 4 nitrogen and oxygen atoms in total. The van der Waals surface area contributed by atoms with Crippen LogP contribution in [-0.2, 0) is 0 Å². The second-order valence-electron chi connectivity index (χ2n) is 5.17. The molecule has 0 amide bonds. The molecule has 1 atom stereocenters. The van der Waals surface area contributed by atoms with Gasteiger partial charge in [0, 0.05) is 19.6 Å². The van der Waals surface area contributed by atoms with Gasteiger partial charge in [0.15, 0.2) is 11.0 Å². The summed E-state index contributed by atoms with van der Waals surface area (Å²) in [6.07, 6.45) is 2.53. The molecule has 1 aliphatic rings. The van der Waals surface area contributed by atoms with Crippen molar-refractivity contribution in [3.63, 3.8) is 0 Å². The van der Waals surface area contributed by atoms with E-state index in [1.807, 2.05) is 20.9 Å². The summed E-state index contributed by atoms with van der Waals surface area (Å²) in [5, 5.41) is 0.501. The molecule has 2 heterocycles. The number of aromatic nitrogens is 2. The molecule has 1 aromatic rings. The minimum absolute atomic E-state index is 0.501. The van der Waals surface area contributed by atoms with Gasteiger partial charge in [0.1, 0.15) is 0 Å². The molecule has 5 heteroatoms. The summed E-state index contributed by atoms with van der Waals surface area (Å²) < 4.78 is 0. The van der Waals surface area contributed by atoms with Gasteiger partial charge in [-0.2, -0.15) is 0 Å². The molecule has 1 aliphatic heterocycles. The van der Waals surface area contributed by atoms with Crippen LogP contribution in [-0.4, -0.2) is 48.1 Å². The highest BCUT2D eigenvalue weighted by atomic mass is 35.5. The number of aryl methyl sites for hydroxylation is 2. The molecular formula is C13H21ClN4. The molecule has 0 spiro atoms. The number of halogens is 1. The van der Waals surface area contributed by atoms with E-state index in [1.165, 1.54) is 19.4 Å². The highest BCUT2D eigenvalue weighted by Crippen LogP contribution is 2.24. The van der Waals surface area contributed by atoms with Crippen LogP contribution in [0.2, 0.25) is 5.15 Å². The topological polar surface area (TPSA) is 32.3 Å². The van der Waals surface area contributed by atoms with Crippen LogP contribution in [0.25, 0.3) is 0 Å². The van der Waals surface area contributed by atoms with Gasteiger partial charge in [0.05, 0.1) is 11.4 Å². The molecule has 18 heavy (non-hydrogen) atoms. The van der Waals surface area contributed by atoms with E-state index in [0.717, 1.165) is 23.8 Å². The summed E-state index contributed by atoms with van der Waals surface area (Å²) in [4.78, 5) is 13.4. The van der Waals surface area contributed by atoms with Crippen LogP contribution in [0.3, 0.4) is 0 Å². The Kier molecular flexibility index (Phi) is 4.07. The SMILES string of the molecule is Cc1nc(Cl)c(N(C)CC2CCCN2C)nc1C.